The summed E-state index contributed by atoms with van der Waals surface area (Å²) >= 11 is 3.58. The van der Waals surface area contributed by atoms with Crippen LogP contribution >= 0.6 is 15.9 Å². The van der Waals surface area contributed by atoms with Crippen LogP contribution in [0.4, 0.5) is 0 Å². The zero-order valence-corrected chi connectivity index (χ0v) is 12.4. The van der Waals surface area contributed by atoms with Crippen LogP contribution in [0.1, 0.15) is 24.8 Å². The number of fused-ring (bicyclic) bond motifs is 1. The van der Waals surface area contributed by atoms with E-state index in [9.17, 15) is 0 Å². The Labute approximate surface area is 117 Å². The van der Waals surface area contributed by atoms with Crippen molar-refractivity contribution in [2.75, 3.05) is 13.1 Å². The average molecular weight is 307 g/mol. The fourth-order valence-corrected chi connectivity index (χ4v) is 3.29. The first-order valence-corrected chi connectivity index (χ1v) is 7.49. The van der Waals surface area contributed by atoms with Crippen molar-refractivity contribution in [2.24, 2.45) is 7.05 Å². The predicted octanol–water partition coefficient (Wildman–Crippen LogP) is 3.93. The molecule has 3 rings (SSSR count). The molecular formula is C15H19BrN2. The molecule has 0 unspecified atom stereocenters. The lowest BCUT2D eigenvalue weighted by molar-refractivity contribution is 0.221. The van der Waals surface area contributed by atoms with Crippen molar-refractivity contribution in [1.29, 1.82) is 0 Å². The molecule has 0 atom stereocenters. The largest absolute Gasteiger partial charge is 0.350 e. The van der Waals surface area contributed by atoms with Crippen molar-refractivity contribution in [3.63, 3.8) is 0 Å². The lowest BCUT2D eigenvalue weighted by Crippen LogP contribution is -2.28. The minimum absolute atomic E-state index is 1.09. The summed E-state index contributed by atoms with van der Waals surface area (Å²) in [5.41, 5.74) is 2.78. The molecule has 2 heterocycles. The summed E-state index contributed by atoms with van der Waals surface area (Å²) in [5, 5.41) is 1.39. The maximum Gasteiger partial charge on any atom is 0.0481 e. The predicted molar refractivity (Wildman–Crippen MR) is 79.7 cm³/mol. The first-order chi connectivity index (χ1) is 8.74. The van der Waals surface area contributed by atoms with Gasteiger partial charge in [0.1, 0.15) is 0 Å². The van der Waals surface area contributed by atoms with Crippen LogP contribution in [0.15, 0.2) is 28.9 Å². The van der Waals surface area contributed by atoms with Crippen molar-refractivity contribution in [3.8, 4) is 0 Å². The molecule has 0 N–H and O–H groups in total. The molecule has 3 heteroatoms. The third-order valence-electron chi connectivity index (χ3n) is 3.88. The highest BCUT2D eigenvalue weighted by Gasteiger charge is 2.13. The van der Waals surface area contributed by atoms with E-state index in [1.807, 2.05) is 0 Å². The van der Waals surface area contributed by atoms with Crippen LogP contribution in [0.2, 0.25) is 0 Å². The zero-order chi connectivity index (χ0) is 12.5. The van der Waals surface area contributed by atoms with Crippen molar-refractivity contribution in [2.45, 2.75) is 25.8 Å². The monoisotopic (exact) mass is 306 g/mol. The molecule has 96 valence electrons. The topological polar surface area (TPSA) is 8.17 Å². The van der Waals surface area contributed by atoms with Gasteiger partial charge >= 0.3 is 0 Å². The summed E-state index contributed by atoms with van der Waals surface area (Å²) in [4.78, 5) is 2.58. The van der Waals surface area contributed by atoms with Crippen LogP contribution in [0.3, 0.4) is 0 Å². The molecule has 1 fully saturated rings. The van der Waals surface area contributed by atoms with Crippen LogP contribution in [-0.4, -0.2) is 22.6 Å². The van der Waals surface area contributed by atoms with Gasteiger partial charge in [-0.25, -0.2) is 0 Å². The smallest absolute Gasteiger partial charge is 0.0481 e. The number of rotatable bonds is 2. The van der Waals surface area contributed by atoms with E-state index in [1.54, 1.807) is 0 Å². The van der Waals surface area contributed by atoms with E-state index in [-0.39, 0.29) is 0 Å². The summed E-state index contributed by atoms with van der Waals surface area (Å²) in [5.74, 6) is 0. The van der Waals surface area contributed by atoms with E-state index in [2.05, 4.69) is 56.8 Å². The summed E-state index contributed by atoms with van der Waals surface area (Å²) in [7, 11) is 2.13. The first kappa shape index (κ1) is 12.2. The van der Waals surface area contributed by atoms with Gasteiger partial charge in [-0.1, -0.05) is 22.4 Å². The number of hydrogen-bond acceptors (Lipinski definition) is 1. The standard InChI is InChI=1S/C15H19BrN2/c1-17-10-12(11-18-7-3-2-4-8-18)14-9-13(16)5-6-15(14)17/h5-6,9-10H,2-4,7-8,11H2,1H3. The highest BCUT2D eigenvalue weighted by Crippen LogP contribution is 2.26. The van der Waals surface area contributed by atoms with E-state index in [0.29, 0.717) is 0 Å². The SMILES string of the molecule is Cn1cc(CN2CCCCC2)c2cc(Br)ccc21. The fourth-order valence-electron chi connectivity index (χ4n) is 2.93. The molecule has 1 aliphatic heterocycles. The maximum atomic E-state index is 3.58. The lowest BCUT2D eigenvalue weighted by Gasteiger charge is -2.26. The number of aromatic nitrogens is 1. The highest BCUT2D eigenvalue weighted by atomic mass is 79.9. The van der Waals surface area contributed by atoms with Crippen LogP contribution in [0, 0.1) is 0 Å². The van der Waals surface area contributed by atoms with Gasteiger partial charge in [0.2, 0.25) is 0 Å². The van der Waals surface area contributed by atoms with Gasteiger partial charge < -0.3 is 4.57 Å². The maximum absolute atomic E-state index is 3.58. The average Bonchev–Trinajstić information content (AvgIpc) is 2.67. The molecule has 18 heavy (non-hydrogen) atoms. The fraction of sp³-hybridized carbons (Fsp3) is 0.467. The van der Waals surface area contributed by atoms with Gasteiger partial charge in [-0.3, -0.25) is 4.90 Å². The Hall–Kier alpha value is -0.800. The Morgan fingerprint density at radius 3 is 2.72 bits per heavy atom. The Balaban J connectivity index is 1.93. The van der Waals surface area contributed by atoms with Gasteiger partial charge in [0.25, 0.3) is 0 Å². The molecule has 1 saturated heterocycles. The van der Waals surface area contributed by atoms with Crippen LogP contribution in [-0.2, 0) is 13.6 Å². The zero-order valence-electron chi connectivity index (χ0n) is 10.8. The van der Waals surface area contributed by atoms with Crippen molar-refractivity contribution in [3.05, 3.63) is 34.4 Å². The van der Waals surface area contributed by atoms with E-state index in [0.717, 1.165) is 6.54 Å². The van der Waals surface area contributed by atoms with Crippen molar-refractivity contribution >= 4 is 26.8 Å². The number of benzene rings is 1. The molecule has 0 saturated carbocycles. The molecule has 1 aromatic heterocycles. The number of nitrogens with zero attached hydrogens (tertiary/aromatic N) is 2. The summed E-state index contributed by atoms with van der Waals surface area (Å²) in [6.45, 7) is 3.60. The second-order valence-corrected chi connectivity index (χ2v) is 6.18. The van der Waals surface area contributed by atoms with E-state index >= 15 is 0 Å². The van der Waals surface area contributed by atoms with Gasteiger partial charge in [0.15, 0.2) is 0 Å². The van der Waals surface area contributed by atoms with Crippen LogP contribution < -0.4 is 0 Å². The van der Waals surface area contributed by atoms with E-state index in [4.69, 9.17) is 0 Å². The second kappa shape index (κ2) is 5.06. The first-order valence-electron chi connectivity index (χ1n) is 6.70. The number of hydrogen-bond donors (Lipinski definition) is 0. The normalized spacial score (nSPS) is 17.4. The molecule has 2 nitrogen and oxygen atoms in total. The van der Waals surface area contributed by atoms with Crippen LogP contribution in [0.5, 0.6) is 0 Å². The third kappa shape index (κ3) is 2.34. The molecule has 1 aliphatic rings. The molecule has 0 amide bonds. The van der Waals surface area contributed by atoms with Gasteiger partial charge in [-0.2, -0.15) is 0 Å². The Bertz CT molecular complexity index is 553. The quantitative estimate of drug-likeness (QED) is 0.816. The highest BCUT2D eigenvalue weighted by molar-refractivity contribution is 9.10. The molecule has 0 bridgehead atoms. The number of piperidine rings is 1. The molecule has 2 aromatic rings. The summed E-state index contributed by atoms with van der Waals surface area (Å²) in [6.07, 6.45) is 6.40. The van der Waals surface area contributed by atoms with Crippen molar-refractivity contribution < 1.29 is 0 Å². The Morgan fingerprint density at radius 1 is 1.17 bits per heavy atom. The van der Waals surface area contributed by atoms with Gasteiger partial charge in [-0.15, -0.1) is 0 Å². The van der Waals surface area contributed by atoms with Gasteiger partial charge in [0.05, 0.1) is 0 Å². The van der Waals surface area contributed by atoms with Crippen molar-refractivity contribution in [1.82, 2.24) is 9.47 Å². The minimum Gasteiger partial charge on any atom is -0.350 e. The van der Waals surface area contributed by atoms with Crippen LogP contribution in [0.25, 0.3) is 10.9 Å². The third-order valence-corrected chi connectivity index (χ3v) is 4.37. The summed E-state index contributed by atoms with van der Waals surface area (Å²) < 4.78 is 3.40. The molecule has 0 aliphatic carbocycles. The van der Waals surface area contributed by atoms with E-state index in [1.165, 1.54) is 53.3 Å². The molecular weight excluding hydrogens is 288 g/mol. The van der Waals surface area contributed by atoms with Gasteiger partial charge in [-0.05, 0) is 49.7 Å². The lowest BCUT2D eigenvalue weighted by atomic mass is 10.1. The second-order valence-electron chi connectivity index (χ2n) is 5.26. The molecule has 1 aromatic carbocycles. The number of likely N-dealkylation sites (tertiary alicyclic amines) is 1. The summed E-state index contributed by atoms with van der Waals surface area (Å²) in [6, 6.07) is 6.56. The number of aryl methyl sites for hydroxylation is 1. The van der Waals surface area contributed by atoms with Gasteiger partial charge in [0, 0.05) is 35.2 Å². The number of halogens is 1. The molecule has 0 spiro atoms. The van der Waals surface area contributed by atoms with E-state index < -0.39 is 0 Å². The Kier molecular flexibility index (Phi) is 3.44. The molecule has 0 radical (unpaired) electrons. The Morgan fingerprint density at radius 2 is 1.94 bits per heavy atom. The minimum atomic E-state index is 1.09.